The first-order chi connectivity index (χ1) is 9.58. The second-order valence-electron chi connectivity index (χ2n) is 5.06. The first kappa shape index (κ1) is 13.0. The summed E-state index contributed by atoms with van der Waals surface area (Å²) in [5.41, 5.74) is 14.9. The highest BCUT2D eigenvalue weighted by atomic mass is 32.1. The predicted molar refractivity (Wildman–Crippen MR) is 83.2 cm³/mol. The number of rotatable bonds is 2. The van der Waals surface area contributed by atoms with Gasteiger partial charge in [0.05, 0.1) is 17.4 Å². The summed E-state index contributed by atoms with van der Waals surface area (Å²) in [4.78, 5) is 15.0. The predicted octanol–water partition coefficient (Wildman–Crippen LogP) is 2.55. The smallest absolute Gasteiger partial charge is 0.248 e. The zero-order valence-corrected chi connectivity index (χ0v) is 12.1. The largest absolute Gasteiger partial charge is 0.397 e. The Morgan fingerprint density at radius 1 is 1.40 bits per heavy atom. The number of carbonyl (C=O) groups is 1. The van der Waals surface area contributed by atoms with Crippen LogP contribution in [0.1, 0.15) is 33.8 Å². The fourth-order valence-electron chi connectivity index (χ4n) is 2.78. The van der Waals surface area contributed by atoms with Gasteiger partial charge in [0.15, 0.2) is 0 Å². The molecule has 1 aromatic heterocycles. The Balaban J connectivity index is 2.02. The van der Waals surface area contributed by atoms with Crippen LogP contribution in [0.5, 0.6) is 0 Å². The van der Waals surface area contributed by atoms with Crippen molar-refractivity contribution in [2.24, 2.45) is 5.73 Å². The van der Waals surface area contributed by atoms with Crippen molar-refractivity contribution in [3.05, 3.63) is 45.6 Å². The third-order valence-corrected chi connectivity index (χ3v) is 4.90. The average Bonchev–Trinajstić information content (AvgIpc) is 2.89. The standard InChI is InChI=1S/C15H17N3OS/c1-9-11-5-7-20-14(11)4-6-18(9)13-8-10(15(17)19)2-3-12(13)16/h2-3,5,7-9H,4,6,16H2,1H3,(H2,17,19). The van der Waals surface area contributed by atoms with Crippen molar-refractivity contribution < 1.29 is 4.79 Å². The number of nitrogens with zero attached hydrogens (tertiary/aromatic N) is 1. The molecule has 0 saturated heterocycles. The minimum absolute atomic E-state index is 0.260. The molecule has 1 aromatic carbocycles. The van der Waals surface area contributed by atoms with Crippen molar-refractivity contribution in [1.82, 2.24) is 0 Å². The molecule has 104 valence electrons. The highest BCUT2D eigenvalue weighted by Crippen LogP contribution is 2.38. The van der Waals surface area contributed by atoms with E-state index in [2.05, 4.69) is 23.3 Å². The number of anilines is 2. The van der Waals surface area contributed by atoms with Crippen LogP contribution in [-0.2, 0) is 6.42 Å². The van der Waals surface area contributed by atoms with Crippen LogP contribution in [0, 0.1) is 0 Å². The summed E-state index contributed by atoms with van der Waals surface area (Å²) >= 11 is 1.81. The SMILES string of the molecule is CC1c2ccsc2CCN1c1cc(C(N)=O)ccc1N. The van der Waals surface area contributed by atoms with Gasteiger partial charge in [-0.2, -0.15) is 0 Å². The third kappa shape index (κ3) is 2.04. The van der Waals surface area contributed by atoms with Crippen molar-refractivity contribution in [1.29, 1.82) is 0 Å². The molecule has 3 rings (SSSR count). The maximum Gasteiger partial charge on any atom is 0.248 e. The Labute approximate surface area is 122 Å². The Bertz CT molecular complexity index is 665. The summed E-state index contributed by atoms with van der Waals surface area (Å²) in [6.07, 6.45) is 1.01. The number of primary amides is 1. The first-order valence-corrected chi connectivity index (χ1v) is 7.48. The van der Waals surface area contributed by atoms with Gasteiger partial charge in [0.1, 0.15) is 0 Å². The second kappa shape index (κ2) is 4.83. The summed E-state index contributed by atoms with van der Waals surface area (Å²) in [5.74, 6) is -0.424. The molecule has 0 aliphatic carbocycles. The minimum Gasteiger partial charge on any atom is -0.397 e. The number of nitrogen functional groups attached to an aromatic ring is 1. The van der Waals surface area contributed by atoms with Gasteiger partial charge in [0, 0.05) is 17.0 Å². The number of nitrogens with two attached hydrogens (primary N) is 2. The van der Waals surface area contributed by atoms with Gasteiger partial charge in [-0.05, 0) is 48.6 Å². The van der Waals surface area contributed by atoms with E-state index in [-0.39, 0.29) is 6.04 Å². The Kier molecular flexibility index (Phi) is 3.14. The summed E-state index contributed by atoms with van der Waals surface area (Å²) in [6, 6.07) is 7.66. The zero-order chi connectivity index (χ0) is 14.3. The van der Waals surface area contributed by atoms with E-state index < -0.39 is 5.91 Å². The van der Waals surface area contributed by atoms with E-state index in [1.807, 2.05) is 0 Å². The van der Waals surface area contributed by atoms with Crippen molar-refractivity contribution in [2.45, 2.75) is 19.4 Å². The topological polar surface area (TPSA) is 72.3 Å². The molecular formula is C15H17N3OS. The maximum atomic E-state index is 11.4. The highest BCUT2D eigenvalue weighted by Gasteiger charge is 2.26. The van der Waals surface area contributed by atoms with Gasteiger partial charge in [-0.3, -0.25) is 4.79 Å². The molecule has 1 aliphatic heterocycles. The summed E-state index contributed by atoms with van der Waals surface area (Å²) in [7, 11) is 0. The van der Waals surface area contributed by atoms with E-state index >= 15 is 0 Å². The fourth-order valence-corrected chi connectivity index (χ4v) is 3.75. The lowest BCUT2D eigenvalue weighted by Crippen LogP contribution is -2.33. The van der Waals surface area contributed by atoms with E-state index in [9.17, 15) is 4.79 Å². The van der Waals surface area contributed by atoms with Crippen LogP contribution >= 0.6 is 11.3 Å². The van der Waals surface area contributed by atoms with Crippen molar-refractivity contribution >= 4 is 28.6 Å². The number of amides is 1. The van der Waals surface area contributed by atoms with Crippen LogP contribution in [0.3, 0.4) is 0 Å². The van der Waals surface area contributed by atoms with E-state index in [4.69, 9.17) is 11.5 Å². The number of carbonyl (C=O) groups excluding carboxylic acids is 1. The molecule has 20 heavy (non-hydrogen) atoms. The highest BCUT2D eigenvalue weighted by molar-refractivity contribution is 7.10. The van der Waals surface area contributed by atoms with E-state index in [1.165, 1.54) is 10.4 Å². The summed E-state index contributed by atoms with van der Waals surface area (Å²) in [5, 5.41) is 2.13. The molecule has 2 heterocycles. The minimum atomic E-state index is -0.424. The van der Waals surface area contributed by atoms with Gasteiger partial charge < -0.3 is 16.4 Å². The lowest BCUT2D eigenvalue weighted by Gasteiger charge is -2.36. The third-order valence-electron chi connectivity index (χ3n) is 3.90. The monoisotopic (exact) mass is 287 g/mol. The molecule has 1 unspecified atom stereocenters. The van der Waals surface area contributed by atoms with E-state index in [1.54, 1.807) is 29.5 Å². The van der Waals surface area contributed by atoms with Crippen molar-refractivity contribution in [3.63, 3.8) is 0 Å². The normalized spacial score (nSPS) is 17.9. The average molecular weight is 287 g/mol. The van der Waals surface area contributed by atoms with Crippen molar-refractivity contribution in [3.8, 4) is 0 Å². The molecule has 5 heteroatoms. The number of hydrogen-bond acceptors (Lipinski definition) is 4. The van der Waals surface area contributed by atoms with Crippen LogP contribution < -0.4 is 16.4 Å². The molecule has 1 amide bonds. The molecule has 1 atom stereocenters. The number of hydrogen-bond donors (Lipinski definition) is 2. The maximum absolute atomic E-state index is 11.4. The molecule has 1 aliphatic rings. The number of thiophene rings is 1. The Hall–Kier alpha value is -2.01. The lowest BCUT2D eigenvalue weighted by atomic mass is 9.99. The van der Waals surface area contributed by atoms with Gasteiger partial charge >= 0.3 is 0 Å². The Morgan fingerprint density at radius 3 is 2.95 bits per heavy atom. The van der Waals surface area contributed by atoms with Crippen LogP contribution in [0.25, 0.3) is 0 Å². The van der Waals surface area contributed by atoms with Crippen LogP contribution in [0.4, 0.5) is 11.4 Å². The quantitative estimate of drug-likeness (QED) is 0.834. The molecule has 4 nitrogen and oxygen atoms in total. The Morgan fingerprint density at radius 2 is 2.20 bits per heavy atom. The van der Waals surface area contributed by atoms with Gasteiger partial charge in [0.2, 0.25) is 5.91 Å². The molecule has 2 aromatic rings. The second-order valence-corrected chi connectivity index (χ2v) is 6.06. The number of fused-ring (bicyclic) bond motifs is 1. The molecule has 0 spiro atoms. The van der Waals surface area contributed by atoms with Gasteiger partial charge in [-0.25, -0.2) is 0 Å². The first-order valence-electron chi connectivity index (χ1n) is 6.60. The molecular weight excluding hydrogens is 270 g/mol. The zero-order valence-electron chi connectivity index (χ0n) is 11.3. The van der Waals surface area contributed by atoms with Crippen LogP contribution in [0.2, 0.25) is 0 Å². The van der Waals surface area contributed by atoms with Gasteiger partial charge in [-0.15, -0.1) is 11.3 Å². The van der Waals surface area contributed by atoms with Crippen molar-refractivity contribution in [2.75, 3.05) is 17.2 Å². The van der Waals surface area contributed by atoms with E-state index in [0.29, 0.717) is 11.3 Å². The summed E-state index contributed by atoms with van der Waals surface area (Å²) < 4.78 is 0. The molecule has 4 N–H and O–H groups in total. The van der Waals surface area contributed by atoms with Gasteiger partial charge in [-0.1, -0.05) is 0 Å². The fraction of sp³-hybridized carbons (Fsp3) is 0.267. The molecule has 0 fully saturated rings. The molecule has 0 radical (unpaired) electrons. The van der Waals surface area contributed by atoms with Crippen LogP contribution in [0.15, 0.2) is 29.6 Å². The summed E-state index contributed by atoms with van der Waals surface area (Å²) in [6.45, 7) is 3.07. The molecule has 0 bridgehead atoms. The lowest BCUT2D eigenvalue weighted by molar-refractivity contribution is 0.100. The molecule has 0 saturated carbocycles. The van der Waals surface area contributed by atoms with Gasteiger partial charge in [0.25, 0.3) is 0 Å². The number of benzene rings is 1. The van der Waals surface area contributed by atoms with E-state index in [0.717, 1.165) is 18.7 Å². The van der Waals surface area contributed by atoms with Crippen LogP contribution in [-0.4, -0.2) is 12.5 Å².